The second kappa shape index (κ2) is 8.29. The zero-order valence-corrected chi connectivity index (χ0v) is 15.3. The molecular weight excluding hydrogens is 339 g/mol. The summed E-state index contributed by atoms with van der Waals surface area (Å²) in [6.45, 7) is 4.90. The molecule has 0 heterocycles. The molecular formula is C19H25FN2O4. The van der Waals surface area contributed by atoms with E-state index in [2.05, 4.69) is 10.6 Å². The van der Waals surface area contributed by atoms with Crippen molar-refractivity contribution in [2.75, 3.05) is 0 Å². The Morgan fingerprint density at radius 2 is 1.73 bits per heavy atom. The molecule has 7 heteroatoms. The minimum Gasteiger partial charge on any atom is -0.452 e. The lowest BCUT2D eigenvalue weighted by Crippen LogP contribution is -2.48. The number of carbonyl (C=O) groups excluding carboxylic acids is 3. The molecule has 0 radical (unpaired) electrons. The number of benzene rings is 1. The molecule has 1 aromatic carbocycles. The molecule has 1 fully saturated rings. The minimum atomic E-state index is -1.16. The van der Waals surface area contributed by atoms with Gasteiger partial charge in [0.25, 0.3) is 5.91 Å². The molecule has 2 rings (SSSR count). The average molecular weight is 364 g/mol. The van der Waals surface area contributed by atoms with Gasteiger partial charge < -0.3 is 10.1 Å². The highest BCUT2D eigenvalue weighted by Crippen LogP contribution is 2.43. The number of halogens is 1. The van der Waals surface area contributed by atoms with Gasteiger partial charge in [0.1, 0.15) is 5.82 Å². The molecule has 26 heavy (non-hydrogen) atoms. The summed E-state index contributed by atoms with van der Waals surface area (Å²) in [5.74, 6) is -1.81. The number of esters is 1. The Labute approximate surface area is 152 Å². The van der Waals surface area contributed by atoms with E-state index in [0.717, 1.165) is 12.8 Å². The zero-order valence-electron chi connectivity index (χ0n) is 15.3. The Morgan fingerprint density at radius 1 is 1.12 bits per heavy atom. The molecule has 0 saturated heterocycles. The summed E-state index contributed by atoms with van der Waals surface area (Å²) >= 11 is 0. The minimum absolute atomic E-state index is 0.136. The lowest BCUT2D eigenvalue weighted by Gasteiger charge is -2.29. The number of ether oxygens (including phenoxy) is 1. The summed E-state index contributed by atoms with van der Waals surface area (Å²) in [6, 6.07) is 5.35. The van der Waals surface area contributed by atoms with Crippen molar-refractivity contribution in [2.24, 2.45) is 0 Å². The Hall–Kier alpha value is -2.44. The lowest BCUT2D eigenvalue weighted by atomic mass is 9.78. The van der Waals surface area contributed by atoms with E-state index in [-0.39, 0.29) is 6.04 Å². The van der Waals surface area contributed by atoms with Gasteiger partial charge in [0.15, 0.2) is 6.10 Å². The second-order valence-corrected chi connectivity index (χ2v) is 6.93. The maximum Gasteiger partial charge on any atom is 0.321 e. The van der Waals surface area contributed by atoms with Crippen LogP contribution in [0.2, 0.25) is 0 Å². The van der Waals surface area contributed by atoms with E-state index in [0.29, 0.717) is 18.4 Å². The Balaban J connectivity index is 2.10. The summed E-state index contributed by atoms with van der Waals surface area (Å²) in [5, 5.41) is 4.65. The summed E-state index contributed by atoms with van der Waals surface area (Å²) in [4.78, 5) is 36.5. The molecule has 1 aliphatic rings. The van der Waals surface area contributed by atoms with Gasteiger partial charge in [0, 0.05) is 11.6 Å². The van der Waals surface area contributed by atoms with E-state index in [1.54, 1.807) is 32.0 Å². The first-order chi connectivity index (χ1) is 12.3. The van der Waals surface area contributed by atoms with Gasteiger partial charge in [0.05, 0.1) is 5.41 Å². The number of hydrogen-bond acceptors (Lipinski definition) is 4. The number of urea groups is 1. The normalized spacial score (nSPS) is 16.8. The van der Waals surface area contributed by atoms with Crippen LogP contribution >= 0.6 is 0 Å². The van der Waals surface area contributed by atoms with Crippen molar-refractivity contribution in [3.05, 3.63) is 35.6 Å². The van der Waals surface area contributed by atoms with E-state index in [9.17, 15) is 18.8 Å². The van der Waals surface area contributed by atoms with Crippen LogP contribution in [-0.2, 0) is 19.7 Å². The third-order valence-electron chi connectivity index (χ3n) is 4.55. The first-order valence-electron chi connectivity index (χ1n) is 8.84. The summed E-state index contributed by atoms with van der Waals surface area (Å²) in [5.41, 5.74) is -0.785. The fourth-order valence-corrected chi connectivity index (χ4v) is 3.25. The van der Waals surface area contributed by atoms with Gasteiger partial charge in [-0.05, 0) is 39.7 Å². The third kappa shape index (κ3) is 4.39. The molecule has 3 amide bonds. The van der Waals surface area contributed by atoms with Crippen LogP contribution in [0.25, 0.3) is 0 Å². The van der Waals surface area contributed by atoms with Crippen LogP contribution in [0.1, 0.15) is 52.0 Å². The first-order valence-corrected chi connectivity index (χ1v) is 8.84. The highest BCUT2D eigenvalue weighted by Gasteiger charge is 2.46. The number of rotatable bonds is 5. The van der Waals surface area contributed by atoms with E-state index < -0.39 is 35.2 Å². The maximum atomic E-state index is 14.3. The molecule has 0 aliphatic heterocycles. The number of hydrogen-bond donors (Lipinski definition) is 2. The molecule has 6 nitrogen and oxygen atoms in total. The van der Waals surface area contributed by atoms with Crippen LogP contribution in [0.4, 0.5) is 9.18 Å². The zero-order chi connectivity index (χ0) is 19.3. The quantitative estimate of drug-likeness (QED) is 0.787. The fraction of sp³-hybridized carbons (Fsp3) is 0.526. The van der Waals surface area contributed by atoms with Gasteiger partial charge >= 0.3 is 12.0 Å². The van der Waals surface area contributed by atoms with E-state index in [4.69, 9.17) is 4.74 Å². The molecule has 0 aromatic heterocycles. The van der Waals surface area contributed by atoms with Gasteiger partial charge in [-0.1, -0.05) is 31.0 Å². The van der Waals surface area contributed by atoms with E-state index >= 15 is 0 Å². The number of carbonyl (C=O) groups is 3. The molecule has 1 saturated carbocycles. The summed E-state index contributed by atoms with van der Waals surface area (Å²) < 4.78 is 19.6. The van der Waals surface area contributed by atoms with Crippen molar-refractivity contribution in [1.82, 2.24) is 10.6 Å². The Bertz CT molecular complexity index is 684. The van der Waals surface area contributed by atoms with Crippen molar-refractivity contribution in [1.29, 1.82) is 0 Å². The van der Waals surface area contributed by atoms with Gasteiger partial charge in [-0.2, -0.15) is 0 Å². The smallest absolute Gasteiger partial charge is 0.321 e. The van der Waals surface area contributed by atoms with Crippen LogP contribution in [0, 0.1) is 5.82 Å². The number of nitrogens with one attached hydrogen (secondary N) is 2. The van der Waals surface area contributed by atoms with Gasteiger partial charge in [-0.15, -0.1) is 0 Å². The van der Waals surface area contributed by atoms with Crippen LogP contribution in [0.5, 0.6) is 0 Å². The van der Waals surface area contributed by atoms with Crippen molar-refractivity contribution < 1.29 is 23.5 Å². The monoisotopic (exact) mass is 364 g/mol. The average Bonchev–Trinajstić information content (AvgIpc) is 3.05. The summed E-state index contributed by atoms with van der Waals surface area (Å²) in [7, 11) is 0. The van der Waals surface area contributed by atoms with Gasteiger partial charge in [-0.25, -0.2) is 9.18 Å². The predicted molar refractivity (Wildman–Crippen MR) is 93.9 cm³/mol. The second-order valence-electron chi connectivity index (χ2n) is 6.93. The third-order valence-corrected chi connectivity index (χ3v) is 4.55. The first kappa shape index (κ1) is 19.9. The van der Waals surface area contributed by atoms with Crippen molar-refractivity contribution >= 4 is 17.9 Å². The fourth-order valence-electron chi connectivity index (χ4n) is 3.25. The van der Waals surface area contributed by atoms with Crippen molar-refractivity contribution in [2.45, 2.75) is 64.0 Å². The molecule has 0 spiro atoms. The van der Waals surface area contributed by atoms with Crippen LogP contribution in [0.15, 0.2) is 24.3 Å². The van der Waals surface area contributed by atoms with Gasteiger partial charge in [-0.3, -0.25) is 14.9 Å². The molecule has 0 unspecified atom stereocenters. The highest BCUT2D eigenvalue weighted by atomic mass is 19.1. The Morgan fingerprint density at radius 3 is 2.31 bits per heavy atom. The topological polar surface area (TPSA) is 84.5 Å². The van der Waals surface area contributed by atoms with Crippen LogP contribution in [-0.4, -0.2) is 30.1 Å². The van der Waals surface area contributed by atoms with E-state index in [1.807, 2.05) is 0 Å². The van der Waals surface area contributed by atoms with Crippen LogP contribution in [0.3, 0.4) is 0 Å². The SMILES string of the molecule is CC(C)NC(=O)NC(=O)[C@H](C)OC(=O)C1(c2ccccc2F)CCCC1. The molecule has 1 aliphatic carbocycles. The number of imide groups is 1. The Kier molecular flexibility index (Phi) is 6.34. The molecule has 0 bridgehead atoms. The maximum absolute atomic E-state index is 14.3. The molecule has 142 valence electrons. The largest absolute Gasteiger partial charge is 0.452 e. The molecule has 1 aromatic rings. The molecule has 1 atom stereocenters. The van der Waals surface area contributed by atoms with Crippen molar-refractivity contribution in [3.63, 3.8) is 0 Å². The van der Waals surface area contributed by atoms with Crippen LogP contribution < -0.4 is 10.6 Å². The van der Waals surface area contributed by atoms with Crippen molar-refractivity contribution in [3.8, 4) is 0 Å². The lowest BCUT2D eigenvalue weighted by molar-refractivity contribution is -0.160. The number of amides is 3. The highest BCUT2D eigenvalue weighted by molar-refractivity contribution is 5.97. The standard InChI is InChI=1S/C19H25FN2O4/c1-12(2)21-18(25)22-16(23)13(3)26-17(24)19(10-6-7-11-19)14-8-4-5-9-15(14)20/h4-5,8-9,12-13H,6-7,10-11H2,1-3H3,(H2,21,22,23,25)/t13-/m0/s1. The van der Waals surface area contributed by atoms with E-state index in [1.165, 1.54) is 13.0 Å². The molecule has 2 N–H and O–H groups in total. The summed E-state index contributed by atoms with van der Waals surface area (Å²) in [6.07, 6.45) is 1.33. The van der Waals surface area contributed by atoms with Gasteiger partial charge in [0.2, 0.25) is 0 Å². The predicted octanol–water partition coefficient (Wildman–Crippen LogP) is 2.80.